The second kappa shape index (κ2) is 8.26. The molecule has 174 valence electrons. The summed E-state index contributed by atoms with van der Waals surface area (Å²) in [6, 6.07) is 16.1. The van der Waals surface area contributed by atoms with Gasteiger partial charge >= 0.3 is 6.16 Å². The molecular formula is C23H16BrNO8S. The Bertz CT molecular complexity index is 1470. The second-order valence-corrected chi connectivity index (χ2v) is 9.79. The van der Waals surface area contributed by atoms with Crippen LogP contribution in [-0.4, -0.2) is 33.6 Å². The second-order valence-electron chi connectivity index (χ2n) is 7.18. The molecule has 3 aromatic rings. The van der Waals surface area contributed by atoms with Crippen LogP contribution in [0.15, 0.2) is 75.9 Å². The fourth-order valence-electron chi connectivity index (χ4n) is 3.91. The van der Waals surface area contributed by atoms with Gasteiger partial charge in [0.1, 0.15) is 0 Å². The van der Waals surface area contributed by atoms with Crippen molar-refractivity contribution < 1.29 is 37.3 Å². The van der Waals surface area contributed by atoms with Crippen molar-refractivity contribution in [2.24, 2.45) is 0 Å². The van der Waals surface area contributed by atoms with E-state index in [1.807, 2.05) is 0 Å². The van der Waals surface area contributed by atoms with Crippen LogP contribution in [0.4, 0.5) is 10.5 Å². The van der Waals surface area contributed by atoms with Crippen molar-refractivity contribution in [2.75, 3.05) is 18.2 Å². The standard InChI is InChI=1S/C23H16BrNO8S/c1-30-17-10-13(11-18-21(17)32-12-31-18)20-14-6-2-5-9-19(14)34(28,29)25(22(20)33-23(26)27)16-8-4-3-7-15(16)24/h2-11H,12H2,1H3,(H,26,27). The van der Waals surface area contributed by atoms with Gasteiger partial charge in [0.15, 0.2) is 11.5 Å². The Hall–Kier alpha value is -3.70. The maximum absolute atomic E-state index is 13.8. The Morgan fingerprint density at radius 1 is 1.09 bits per heavy atom. The molecule has 0 saturated carbocycles. The Labute approximate surface area is 202 Å². The zero-order chi connectivity index (χ0) is 24.0. The lowest BCUT2D eigenvalue weighted by atomic mass is 9.97. The highest BCUT2D eigenvalue weighted by molar-refractivity contribution is 9.10. The van der Waals surface area contributed by atoms with Crippen molar-refractivity contribution in [1.82, 2.24) is 0 Å². The summed E-state index contributed by atoms with van der Waals surface area (Å²) < 4.78 is 50.4. The summed E-state index contributed by atoms with van der Waals surface area (Å²) >= 11 is 3.37. The molecule has 2 heterocycles. The predicted octanol–water partition coefficient (Wildman–Crippen LogP) is 4.81. The summed E-state index contributed by atoms with van der Waals surface area (Å²) in [4.78, 5) is 11.8. The smallest absolute Gasteiger partial charge is 0.493 e. The third kappa shape index (κ3) is 3.44. The summed E-state index contributed by atoms with van der Waals surface area (Å²) in [5.74, 6) is 0.700. The summed E-state index contributed by atoms with van der Waals surface area (Å²) in [5.41, 5.74) is 1.08. The van der Waals surface area contributed by atoms with Crippen LogP contribution in [-0.2, 0) is 14.8 Å². The van der Waals surface area contributed by atoms with Crippen LogP contribution in [0, 0.1) is 0 Å². The van der Waals surface area contributed by atoms with Crippen molar-refractivity contribution in [3.8, 4) is 17.2 Å². The zero-order valence-corrected chi connectivity index (χ0v) is 19.9. The molecule has 0 spiro atoms. The highest BCUT2D eigenvalue weighted by Gasteiger charge is 2.42. The Morgan fingerprint density at radius 2 is 1.82 bits per heavy atom. The lowest BCUT2D eigenvalue weighted by Crippen LogP contribution is -2.37. The largest absolute Gasteiger partial charge is 0.512 e. The predicted molar refractivity (Wildman–Crippen MR) is 124 cm³/mol. The highest BCUT2D eigenvalue weighted by atomic mass is 79.9. The van der Waals surface area contributed by atoms with E-state index in [9.17, 15) is 18.3 Å². The summed E-state index contributed by atoms with van der Waals surface area (Å²) in [6.07, 6.45) is -1.67. The molecule has 9 nitrogen and oxygen atoms in total. The number of ether oxygens (including phenoxy) is 4. The molecule has 0 fully saturated rings. The van der Waals surface area contributed by atoms with Gasteiger partial charge in [-0.15, -0.1) is 0 Å². The third-order valence-electron chi connectivity index (χ3n) is 5.28. The van der Waals surface area contributed by atoms with Gasteiger partial charge < -0.3 is 24.1 Å². The van der Waals surface area contributed by atoms with Crippen LogP contribution < -0.4 is 18.5 Å². The van der Waals surface area contributed by atoms with Crippen LogP contribution in [0.25, 0.3) is 5.57 Å². The first-order valence-electron chi connectivity index (χ1n) is 9.85. The van der Waals surface area contributed by atoms with Crippen LogP contribution in [0.2, 0.25) is 0 Å². The number of anilines is 1. The van der Waals surface area contributed by atoms with Gasteiger partial charge in [0.2, 0.25) is 18.4 Å². The number of methoxy groups -OCH3 is 1. The molecule has 0 unspecified atom stereocenters. The van der Waals surface area contributed by atoms with E-state index >= 15 is 0 Å². The molecule has 0 aliphatic carbocycles. The lowest BCUT2D eigenvalue weighted by Gasteiger charge is -2.33. The molecular weight excluding hydrogens is 530 g/mol. The number of benzene rings is 3. The number of halogens is 1. The van der Waals surface area contributed by atoms with E-state index in [2.05, 4.69) is 15.9 Å². The maximum Gasteiger partial charge on any atom is 0.512 e. The molecule has 0 bridgehead atoms. The topological polar surface area (TPSA) is 112 Å². The van der Waals surface area contributed by atoms with Crippen molar-refractivity contribution in [3.63, 3.8) is 0 Å². The first-order valence-corrected chi connectivity index (χ1v) is 12.1. The molecule has 5 rings (SSSR count). The van der Waals surface area contributed by atoms with E-state index in [1.165, 1.54) is 13.2 Å². The van der Waals surface area contributed by atoms with Crippen molar-refractivity contribution in [2.45, 2.75) is 4.90 Å². The van der Waals surface area contributed by atoms with Gasteiger partial charge in [0.05, 0.1) is 23.3 Å². The van der Waals surface area contributed by atoms with Crippen LogP contribution in [0.3, 0.4) is 0 Å². The number of fused-ring (bicyclic) bond motifs is 2. The van der Waals surface area contributed by atoms with Gasteiger partial charge in [0, 0.05) is 10.0 Å². The number of carboxylic acid groups (broad SMARTS) is 1. The number of para-hydroxylation sites is 1. The molecule has 2 aliphatic rings. The molecule has 0 radical (unpaired) electrons. The van der Waals surface area contributed by atoms with Crippen molar-refractivity contribution in [3.05, 3.63) is 82.1 Å². The first kappa shape index (κ1) is 22.1. The van der Waals surface area contributed by atoms with Crippen LogP contribution in [0.5, 0.6) is 17.2 Å². The van der Waals surface area contributed by atoms with Gasteiger partial charge in [-0.1, -0.05) is 30.3 Å². The molecule has 0 amide bonds. The number of hydrogen-bond acceptors (Lipinski definition) is 7. The molecule has 0 aromatic heterocycles. The normalized spacial score (nSPS) is 15.6. The van der Waals surface area contributed by atoms with E-state index in [4.69, 9.17) is 18.9 Å². The van der Waals surface area contributed by atoms with Crippen LogP contribution >= 0.6 is 15.9 Å². The molecule has 34 heavy (non-hydrogen) atoms. The summed E-state index contributed by atoms with van der Waals surface area (Å²) in [7, 11) is -2.80. The van der Waals surface area contributed by atoms with Gasteiger partial charge in [-0.25, -0.2) is 17.5 Å². The Morgan fingerprint density at radius 3 is 2.56 bits per heavy atom. The Balaban J connectivity index is 1.90. The monoisotopic (exact) mass is 545 g/mol. The molecule has 3 aromatic carbocycles. The number of rotatable bonds is 4. The van der Waals surface area contributed by atoms with Gasteiger partial charge in [-0.05, 0) is 51.8 Å². The van der Waals surface area contributed by atoms with Gasteiger partial charge in [-0.3, -0.25) is 0 Å². The van der Waals surface area contributed by atoms with Gasteiger partial charge in [-0.2, -0.15) is 0 Å². The lowest BCUT2D eigenvalue weighted by molar-refractivity contribution is 0.119. The minimum atomic E-state index is -4.25. The quantitative estimate of drug-likeness (QED) is 0.465. The fourth-order valence-corrected chi connectivity index (χ4v) is 6.15. The zero-order valence-electron chi connectivity index (χ0n) is 17.5. The molecule has 0 atom stereocenters. The van der Waals surface area contributed by atoms with E-state index in [1.54, 1.807) is 54.6 Å². The Kier molecular flexibility index (Phi) is 5.37. The molecule has 11 heteroatoms. The fraction of sp³-hybridized carbons (Fsp3) is 0.0870. The first-order chi connectivity index (χ1) is 16.3. The average molecular weight is 546 g/mol. The van der Waals surface area contributed by atoms with E-state index in [0.717, 1.165) is 4.31 Å². The van der Waals surface area contributed by atoms with Crippen molar-refractivity contribution >= 4 is 43.4 Å². The highest BCUT2D eigenvalue weighted by Crippen LogP contribution is 2.49. The summed E-state index contributed by atoms with van der Waals surface area (Å²) in [5, 5.41) is 9.58. The minimum absolute atomic E-state index is 0.0132. The average Bonchev–Trinajstić information content (AvgIpc) is 3.28. The van der Waals surface area contributed by atoms with Gasteiger partial charge in [0.25, 0.3) is 10.0 Å². The SMILES string of the molecule is COc1cc(C2=C(OC(=O)O)N(c3ccccc3Br)S(=O)(=O)c3ccccc32)cc2c1OCO2. The van der Waals surface area contributed by atoms with Crippen LogP contribution in [0.1, 0.15) is 11.1 Å². The number of nitrogens with zero attached hydrogens (tertiary/aromatic N) is 1. The maximum atomic E-state index is 13.8. The van der Waals surface area contributed by atoms with E-state index in [0.29, 0.717) is 27.3 Å². The molecule has 1 N–H and O–H groups in total. The number of carbonyl (C=O) groups is 1. The molecule has 2 aliphatic heterocycles. The van der Waals surface area contributed by atoms with E-state index in [-0.39, 0.29) is 28.5 Å². The minimum Gasteiger partial charge on any atom is -0.493 e. The summed E-state index contributed by atoms with van der Waals surface area (Å²) in [6.45, 7) is -0.0132. The third-order valence-corrected chi connectivity index (χ3v) is 7.70. The number of hydrogen-bond donors (Lipinski definition) is 1. The molecule has 0 saturated heterocycles. The number of sulfonamides is 1. The van der Waals surface area contributed by atoms with E-state index < -0.39 is 22.1 Å². The van der Waals surface area contributed by atoms with Crippen molar-refractivity contribution in [1.29, 1.82) is 0 Å².